The Morgan fingerprint density at radius 1 is 1.00 bits per heavy atom. The van der Waals surface area contributed by atoms with Gasteiger partial charge in [0.15, 0.2) is 4.80 Å². The predicted octanol–water partition coefficient (Wildman–Crippen LogP) is 5.76. The number of nitrogens with zero attached hydrogens (tertiary/aromatic N) is 4. The number of carbonyl (C=O) groups is 1. The molecule has 1 atom stereocenters. The number of allylic oxidation sites excluding steroid dienone is 1. The molecular formula is C38H29N5O3S. The van der Waals surface area contributed by atoms with Crippen molar-refractivity contribution in [1.82, 2.24) is 9.13 Å². The highest BCUT2D eigenvalue weighted by atomic mass is 32.1. The quantitative estimate of drug-likeness (QED) is 0.241. The Labute approximate surface area is 274 Å². The van der Waals surface area contributed by atoms with Crippen LogP contribution in [-0.2, 0) is 11.3 Å². The summed E-state index contributed by atoms with van der Waals surface area (Å²) in [7, 11) is 1.60. The van der Waals surface area contributed by atoms with Crippen LogP contribution in [-0.4, -0.2) is 22.2 Å². The van der Waals surface area contributed by atoms with Crippen LogP contribution in [0.3, 0.4) is 0 Å². The van der Waals surface area contributed by atoms with Crippen LogP contribution in [0.2, 0.25) is 0 Å². The molecule has 2 aromatic heterocycles. The van der Waals surface area contributed by atoms with Gasteiger partial charge in [0.25, 0.3) is 11.5 Å². The molecule has 0 fully saturated rings. The fraction of sp³-hybridized carbons (Fsp3) is 0.105. The molecule has 9 heteroatoms. The first-order valence-electron chi connectivity index (χ1n) is 15.0. The zero-order valence-electron chi connectivity index (χ0n) is 25.7. The number of hydrogen-bond acceptors (Lipinski definition) is 6. The molecule has 0 bridgehead atoms. The molecule has 1 aliphatic heterocycles. The summed E-state index contributed by atoms with van der Waals surface area (Å²) >= 11 is 1.31. The molecule has 0 aliphatic carbocycles. The van der Waals surface area contributed by atoms with Crippen molar-refractivity contribution < 1.29 is 9.53 Å². The number of rotatable bonds is 7. The number of ether oxygens (including phenoxy) is 1. The van der Waals surface area contributed by atoms with Crippen LogP contribution >= 0.6 is 11.3 Å². The van der Waals surface area contributed by atoms with E-state index in [9.17, 15) is 14.9 Å². The number of benzene rings is 4. The van der Waals surface area contributed by atoms with Gasteiger partial charge in [-0.1, -0.05) is 72.0 Å². The van der Waals surface area contributed by atoms with Crippen molar-refractivity contribution in [3.63, 3.8) is 0 Å². The Balaban J connectivity index is 1.34. The van der Waals surface area contributed by atoms with E-state index in [-0.39, 0.29) is 11.5 Å². The van der Waals surface area contributed by atoms with Gasteiger partial charge in [-0.15, -0.1) is 0 Å². The van der Waals surface area contributed by atoms with Gasteiger partial charge < -0.3 is 14.6 Å². The Morgan fingerprint density at radius 3 is 2.45 bits per heavy atom. The van der Waals surface area contributed by atoms with Crippen molar-refractivity contribution in [2.75, 3.05) is 12.4 Å². The van der Waals surface area contributed by atoms with E-state index in [0.717, 1.165) is 27.6 Å². The SMILES string of the molecule is COc1ccc([C@@H]2C(C(=O)Nc3ccccc3)=C(C)N=c3s/c(=C/c4cn(Cc5ccc(C#N)cc5)c5ccccc45)c(=O)n32)cc1. The van der Waals surface area contributed by atoms with E-state index in [1.807, 2.05) is 116 Å². The lowest BCUT2D eigenvalue weighted by Crippen LogP contribution is -2.40. The number of thiazole rings is 1. The first-order valence-corrected chi connectivity index (χ1v) is 15.8. The van der Waals surface area contributed by atoms with Crippen LogP contribution in [0, 0.1) is 11.3 Å². The van der Waals surface area contributed by atoms with Gasteiger partial charge in [0.1, 0.15) is 5.75 Å². The average Bonchev–Trinajstić information content (AvgIpc) is 3.60. The van der Waals surface area contributed by atoms with Crippen molar-refractivity contribution in [3.8, 4) is 11.8 Å². The minimum absolute atomic E-state index is 0.226. The standard InChI is InChI=1S/C38H29N5O3S/c1-24-34(36(44)41-29-8-4-3-5-9-29)35(27-16-18-30(46-2)19-17-27)43-37(45)33(47-38(43)40-24)20-28-23-42(32-11-7-6-10-31(28)32)22-26-14-12-25(21-39)13-15-26/h3-20,23,35H,22H2,1-2H3,(H,41,44)/b33-20+/t35-/m1/s1. The lowest BCUT2D eigenvalue weighted by Gasteiger charge is -2.25. The third-order valence-electron chi connectivity index (χ3n) is 8.27. The number of carbonyl (C=O) groups excluding carboxylic acids is 1. The van der Waals surface area contributed by atoms with Gasteiger partial charge in [-0.25, -0.2) is 4.99 Å². The lowest BCUT2D eigenvalue weighted by molar-refractivity contribution is -0.113. The molecule has 1 aliphatic rings. The van der Waals surface area contributed by atoms with E-state index in [1.165, 1.54) is 11.3 Å². The third-order valence-corrected chi connectivity index (χ3v) is 9.25. The second-order valence-electron chi connectivity index (χ2n) is 11.2. The van der Waals surface area contributed by atoms with Gasteiger partial charge in [0, 0.05) is 34.9 Å². The van der Waals surface area contributed by atoms with E-state index < -0.39 is 6.04 Å². The third kappa shape index (κ3) is 5.67. The average molecular weight is 636 g/mol. The lowest BCUT2D eigenvalue weighted by atomic mass is 9.95. The molecule has 0 unspecified atom stereocenters. The summed E-state index contributed by atoms with van der Waals surface area (Å²) in [6, 6.07) is 33.8. The summed E-state index contributed by atoms with van der Waals surface area (Å²) < 4.78 is 9.67. The van der Waals surface area contributed by atoms with Crippen LogP contribution in [0.4, 0.5) is 5.69 Å². The Morgan fingerprint density at radius 2 is 1.72 bits per heavy atom. The minimum Gasteiger partial charge on any atom is -0.497 e. The van der Waals surface area contributed by atoms with Crippen molar-refractivity contribution in [2.45, 2.75) is 19.5 Å². The molecule has 0 saturated heterocycles. The zero-order valence-corrected chi connectivity index (χ0v) is 26.5. The van der Waals surface area contributed by atoms with E-state index in [1.54, 1.807) is 11.7 Å². The number of aromatic nitrogens is 2. The van der Waals surface area contributed by atoms with Crippen LogP contribution < -0.4 is 24.9 Å². The summed E-state index contributed by atoms with van der Waals surface area (Å²) in [5.74, 6) is 0.355. The Bertz CT molecular complexity index is 2390. The topological polar surface area (TPSA) is 101 Å². The van der Waals surface area contributed by atoms with Crippen molar-refractivity contribution >= 4 is 39.9 Å². The number of para-hydroxylation sites is 2. The van der Waals surface area contributed by atoms with E-state index in [0.29, 0.717) is 44.1 Å². The van der Waals surface area contributed by atoms with Gasteiger partial charge in [-0.3, -0.25) is 14.2 Å². The van der Waals surface area contributed by atoms with E-state index in [2.05, 4.69) is 22.0 Å². The van der Waals surface area contributed by atoms with Gasteiger partial charge in [-0.05, 0) is 66.6 Å². The fourth-order valence-corrected chi connectivity index (χ4v) is 7.01. The van der Waals surface area contributed by atoms with Gasteiger partial charge >= 0.3 is 0 Å². The molecule has 0 saturated carbocycles. The van der Waals surface area contributed by atoms with Gasteiger partial charge in [0.2, 0.25) is 0 Å². The summed E-state index contributed by atoms with van der Waals surface area (Å²) in [4.78, 5) is 33.5. The van der Waals surface area contributed by atoms with Crippen molar-refractivity contribution in [3.05, 3.63) is 163 Å². The maximum atomic E-state index is 14.3. The van der Waals surface area contributed by atoms with Crippen molar-refractivity contribution in [1.29, 1.82) is 5.26 Å². The van der Waals surface area contributed by atoms with Crippen LogP contribution in [0.1, 0.15) is 35.2 Å². The number of fused-ring (bicyclic) bond motifs is 2. The molecule has 47 heavy (non-hydrogen) atoms. The second-order valence-corrected chi connectivity index (χ2v) is 12.2. The van der Waals surface area contributed by atoms with Crippen LogP contribution in [0.25, 0.3) is 17.0 Å². The smallest absolute Gasteiger partial charge is 0.271 e. The molecule has 7 rings (SSSR count). The zero-order chi connectivity index (χ0) is 32.5. The first-order chi connectivity index (χ1) is 22.9. The van der Waals surface area contributed by atoms with E-state index >= 15 is 0 Å². The Kier molecular flexibility index (Phi) is 7.86. The highest BCUT2D eigenvalue weighted by Crippen LogP contribution is 2.32. The highest BCUT2D eigenvalue weighted by Gasteiger charge is 2.32. The summed E-state index contributed by atoms with van der Waals surface area (Å²) in [5.41, 5.74) is 5.75. The monoisotopic (exact) mass is 635 g/mol. The number of nitrogens with one attached hydrogen (secondary N) is 1. The minimum atomic E-state index is -0.694. The number of nitriles is 1. The maximum Gasteiger partial charge on any atom is 0.271 e. The number of anilines is 1. The summed E-state index contributed by atoms with van der Waals surface area (Å²) in [6.45, 7) is 2.42. The molecule has 3 heterocycles. The molecule has 4 aromatic carbocycles. The number of hydrogen-bond donors (Lipinski definition) is 1. The molecule has 0 radical (unpaired) electrons. The highest BCUT2D eigenvalue weighted by molar-refractivity contribution is 7.07. The first kappa shape index (κ1) is 29.7. The van der Waals surface area contributed by atoms with Gasteiger partial charge in [0.05, 0.1) is 40.6 Å². The molecular weight excluding hydrogens is 607 g/mol. The van der Waals surface area contributed by atoms with Gasteiger partial charge in [-0.2, -0.15) is 5.26 Å². The van der Waals surface area contributed by atoms with Crippen LogP contribution in [0.15, 0.2) is 130 Å². The summed E-state index contributed by atoms with van der Waals surface area (Å²) in [5, 5.41) is 13.2. The Hall–Kier alpha value is -5.98. The van der Waals surface area contributed by atoms with Crippen LogP contribution in [0.5, 0.6) is 5.75 Å². The number of amides is 1. The number of methoxy groups -OCH3 is 1. The largest absolute Gasteiger partial charge is 0.497 e. The fourth-order valence-electron chi connectivity index (χ4n) is 5.98. The maximum absolute atomic E-state index is 14.3. The molecule has 8 nitrogen and oxygen atoms in total. The molecule has 1 amide bonds. The molecule has 6 aromatic rings. The molecule has 0 spiro atoms. The predicted molar refractivity (Wildman–Crippen MR) is 184 cm³/mol. The van der Waals surface area contributed by atoms with E-state index in [4.69, 9.17) is 9.73 Å². The second kappa shape index (κ2) is 12.4. The molecule has 1 N–H and O–H groups in total. The van der Waals surface area contributed by atoms with Crippen molar-refractivity contribution in [2.24, 2.45) is 4.99 Å². The summed E-state index contributed by atoms with van der Waals surface area (Å²) in [6.07, 6.45) is 3.96. The normalized spacial score (nSPS) is 14.4. The molecule has 230 valence electrons.